The van der Waals surface area contributed by atoms with Crippen molar-refractivity contribution in [1.82, 2.24) is 0 Å². The van der Waals surface area contributed by atoms with Crippen LogP contribution in [0.5, 0.6) is 5.75 Å². The lowest BCUT2D eigenvalue weighted by atomic mass is 10.1. The molecule has 0 radical (unpaired) electrons. The molecule has 1 amide bonds. The summed E-state index contributed by atoms with van der Waals surface area (Å²) in [7, 11) is 1.41. The van der Waals surface area contributed by atoms with Gasteiger partial charge in [0.2, 0.25) is 5.91 Å². The molecule has 0 bridgehead atoms. The Morgan fingerprint density at radius 1 is 1.56 bits per heavy atom. The molecule has 1 unspecified atom stereocenters. The summed E-state index contributed by atoms with van der Waals surface area (Å²) in [6, 6.07) is 4.71. The van der Waals surface area contributed by atoms with E-state index in [-0.39, 0.29) is 22.0 Å². The van der Waals surface area contributed by atoms with E-state index in [2.05, 4.69) is 15.9 Å². The Balaban J connectivity index is 2.38. The van der Waals surface area contributed by atoms with Gasteiger partial charge in [-0.1, -0.05) is 15.9 Å². The zero-order valence-electron chi connectivity index (χ0n) is 9.72. The fourth-order valence-electron chi connectivity index (χ4n) is 1.94. The summed E-state index contributed by atoms with van der Waals surface area (Å²) in [5.74, 6) is -0.803. The third-order valence-electron chi connectivity index (χ3n) is 2.80. The van der Waals surface area contributed by atoms with Gasteiger partial charge in [-0.2, -0.15) is 0 Å². The van der Waals surface area contributed by atoms with Crippen LogP contribution >= 0.6 is 15.9 Å². The third kappa shape index (κ3) is 2.33. The molecule has 0 aliphatic carbocycles. The van der Waals surface area contributed by atoms with Crippen LogP contribution in [0.4, 0.5) is 5.69 Å². The van der Waals surface area contributed by atoms with Crippen LogP contribution in [0, 0.1) is 0 Å². The molecule has 5 nitrogen and oxygen atoms in total. The van der Waals surface area contributed by atoms with E-state index in [1.807, 2.05) is 0 Å². The number of carboxylic acid groups (broad SMARTS) is 1. The number of anilines is 1. The molecule has 96 valence electrons. The lowest BCUT2D eigenvalue weighted by Gasteiger charge is -2.17. The molecule has 1 fully saturated rings. The van der Waals surface area contributed by atoms with Crippen LogP contribution in [0.25, 0.3) is 0 Å². The topological polar surface area (TPSA) is 66.8 Å². The van der Waals surface area contributed by atoms with Crippen LogP contribution in [-0.4, -0.2) is 35.5 Å². The molecule has 0 saturated carbocycles. The van der Waals surface area contributed by atoms with Crippen molar-refractivity contribution in [1.29, 1.82) is 0 Å². The molecule has 1 aliphatic rings. The number of amides is 1. The maximum atomic E-state index is 11.7. The maximum absolute atomic E-state index is 11.7. The molecule has 1 heterocycles. The summed E-state index contributed by atoms with van der Waals surface area (Å²) >= 11 is 3.39. The lowest BCUT2D eigenvalue weighted by molar-refractivity contribution is -0.117. The number of alkyl halides is 1. The minimum atomic E-state index is -1.07. The fraction of sp³-hybridized carbons (Fsp3) is 0.333. The number of halogens is 1. The second-order valence-electron chi connectivity index (χ2n) is 4.00. The predicted molar refractivity (Wildman–Crippen MR) is 69.6 cm³/mol. The lowest BCUT2D eigenvalue weighted by Crippen LogP contribution is -2.24. The number of benzene rings is 1. The van der Waals surface area contributed by atoms with Crippen LogP contribution < -0.4 is 9.64 Å². The van der Waals surface area contributed by atoms with Gasteiger partial charge in [-0.15, -0.1) is 0 Å². The number of nitrogens with zero attached hydrogens (tertiary/aromatic N) is 1. The summed E-state index contributed by atoms with van der Waals surface area (Å²) in [5, 5.41) is 9.09. The molecule has 1 N–H and O–H groups in total. The van der Waals surface area contributed by atoms with E-state index >= 15 is 0 Å². The number of ether oxygens (including phenoxy) is 1. The predicted octanol–water partition coefficient (Wildman–Crippen LogP) is 1.89. The number of aromatic carboxylic acids is 1. The van der Waals surface area contributed by atoms with E-state index in [0.717, 1.165) is 0 Å². The number of hydrogen-bond donors (Lipinski definition) is 1. The van der Waals surface area contributed by atoms with Gasteiger partial charge in [0.05, 0.1) is 7.11 Å². The molecule has 1 aliphatic heterocycles. The highest BCUT2D eigenvalue weighted by atomic mass is 79.9. The largest absolute Gasteiger partial charge is 0.496 e. The van der Waals surface area contributed by atoms with Crippen molar-refractivity contribution in [3.8, 4) is 5.75 Å². The fourth-order valence-corrected chi connectivity index (χ4v) is 2.51. The molecule has 18 heavy (non-hydrogen) atoms. The first kappa shape index (κ1) is 12.9. The first-order valence-electron chi connectivity index (χ1n) is 5.38. The van der Waals surface area contributed by atoms with Crippen LogP contribution in [0.3, 0.4) is 0 Å². The third-order valence-corrected chi connectivity index (χ3v) is 3.42. The second kappa shape index (κ2) is 4.97. The van der Waals surface area contributed by atoms with Gasteiger partial charge in [-0.25, -0.2) is 4.79 Å². The second-order valence-corrected chi connectivity index (χ2v) is 5.29. The van der Waals surface area contributed by atoms with Crippen molar-refractivity contribution >= 4 is 33.5 Å². The maximum Gasteiger partial charge on any atom is 0.339 e. The van der Waals surface area contributed by atoms with E-state index in [9.17, 15) is 9.59 Å². The molecule has 2 rings (SSSR count). The average Bonchev–Trinajstić information content (AvgIpc) is 2.67. The number of carboxylic acids is 1. The standard InChI is InChI=1S/C12H12BrNO4/c1-18-10-3-2-8(5-9(10)12(16)17)14-6-7(13)4-11(14)15/h2-3,5,7H,4,6H2,1H3,(H,16,17). The molecule has 6 heteroatoms. The molecular formula is C12H12BrNO4. The molecule has 0 spiro atoms. The first-order chi connectivity index (χ1) is 8.52. The van der Waals surface area contributed by atoms with Gasteiger partial charge in [-0.3, -0.25) is 4.79 Å². The number of methoxy groups -OCH3 is 1. The highest BCUT2D eigenvalue weighted by Crippen LogP contribution is 2.29. The Labute approximate surface area is 112 Å². The molecule has 1 aromatic rings. The Hall–Kier alpha value is -1.56. The summed E-state index contributed by atoms with van der Waals surface area (Å²) in [4.78, 5) is 24.5. The van der Waals surface area contributed by atoms with Crippen molar-refractivity contribution < 1.29 is 19.4 Å². The van der Waals surface area contributed by atoms with Crippen LogP contribution in [-0.2, 0) is 4.79 Å². The summed E-state index contributed by atoms with van der Waals surface area (Å²) in [5.41, 5.74) is 0.640. The van der Waals surface area contributed by atoms with Crippen molar-refractivity contribution in [3.05, 3.63) is 23.8 Å². The summed E-state index contributed by atoms with van der Waals surface area (Å²) < 4.78 is 4.98. The van der Waals surface area contributed by atoms with E-state index in [4.69, 9.17) is 9.84 Å². The molecular weight excluding hydrogens is 302 g/mol. The zero-order valence-corrected chi connectivity index (χ0v) is 11.3. The first-order valence-corrected chi connectivity index (χ1v) is 6.30. The van der Waals surface area contributed by atoms with E-state index in [0.29, 0.717) is 18.7 Å². The normalized spacial score (nSPS) is 19.1. The number of hydrogen-bond acceptors (Lipinski definition) is 3. The van der Waals surface area contributed by atoms with E-state index in [1.165, 1.54) is 13.2 Å². The van der Waals surface area contributed by atoms with Gasteiger partial charge in [0.15, 0.2) is 0 Å². The zero-order chi connectivity index (χ0) is 13.3. The smallest absolute Gasteiger partial charge is 0.339 e. The van der Waals surface area contributed by atoms with Crippen LogP contribution in [0.2, 0.25) is 0 Å². The van der Waals surface area contributed by atoms with Crippen molar-refractivity contribution in [2.24, 2.45) is 0 Å². The number of carbonyl (C=O) groups is 2. The van der Waals surface area contributed by atoms with Crippen molar-refractivity contribution in [3.63, 3.8) is 0 Å². The summed E-state index contributed by atoms with van der Waals surface area (Å²) in [6.45, 7) is 0.546. The monoisotopic (exact) mass is 313 g/mol. The van der Waals surface area contributed by atoms with Gasteiger partial charge in [-0.05, 0) is 18.2 Å². The minimum Gasteiger partial charge on any atom is -0.496 e. The van der Waals surface area contributed by atoms with E-state index < -0.39 is 5.97 Å². The average molecular weight is 314 g/mol. The van der Waals surface area contributed by atoms with Crippen LogP contribution in [0.1, 0.15) is 16.8 Å². The van der Waals surface area contributed by atoms with Crippen LogP contribution in [0.15, 0.2) is 18.2 Å². The molecule has 1 atom stereocenters. The Morgan fingerprint density at radius 2 is 2.28 bits per heavy atom. The SMILES string of the molecule is COc1ccc(N2CC(Br)CC2=O)cc1C(=O)O. The number of carbonyl (C=O) groups excluding carboxylic acids is 1. The molecule has 0 aromatic heterocycles. The molecule has 1 saturated heterocycles. The number of rotatable bonds is 3. The summed E-state index contributed by atoms with van der Waals surface area (Å²) in [6.07, 6.45) is 0.425. The van der Waals surface area contributed by atoms with E-state index in [1.54, 1.807) is 17.0 Å². The van der Waals surface area contributed by atoms with Gasteiger partial charge in [0, 0.05) is 23.5 Å². The van der Waals surface area contributed by atoms with Crippen molar-refractivity contribution in [2.75, 3.05) is 18.6 Å². The highest BCUT2D eigenvalue weighted by Gasteiger charge is 2.29. The minimum absolute atomic E-state index is 0.0154. The molecule has 1 aromatic carbocycles. The highest BCUT2D eigenvalue weighted by molar-refractivity contribution is 9.09. The van der Waals surface area contributed by atoms with Crippen molar-refractivity contribution in [2.45, 2.75) is 11.2 Å². The van der Waals surface area contributed by atoms with Gasteiger partial charge < -0.3 is 14.7 Å². The quantitative estimate of drug-likeness (QED) is 0.865. The van der Waals surface area contributed by atoms with Gasteiger partial charge >= 0.3 is 5.97 Å². The van der Waals surface area contributed by atoms with Gasteiger partial charge in [0.25, 0.3) is 0 Å². The van der Waals surface area contributed by atoms with Gasteiger partial charge in [0.1, 0.15) is 11.3 Å². The Morgan fingerprint density at radius 3 is 2.78 bits per heavy atom. The Bertz CT molecular complexity index is 503. The Kier molecular flexibility index (Phi) is 3.56.